The summed E-state index contributed by atoms with van der Waals surface area (Å²) in [5.74, 6) is -5.17. The summed E-state index contributed by atoms with van der Waals surface area (Å²) < 4.78 is 93.5. The van der Waals surface area contributed by atoms with Crippen molar-refractivity contribution in [2.24, 2.45) is 0 Å². The fraction of sp³-hybridized carbons (Fsp3) is 0.357. The summed E-state index contributed by atoms with van der Waals surface area (Å²) >= 11 is 0. The third-order valence-corrected chi connectivity index (χ3v) is 8.42. The number of ether oxygens (including phenoxy) is 2. The van der Waals surface area contributed by atoms with Crippen LogP contribution in [0.3, 0.4) is 0 Å². The average molecular weight is 596 g/mol. The Balaban J connectivity index is 1.53. The number of hydrogen-bond acceptors (Lipinski definition) is 6. The van der Waals surface area contributed by atoms with Gasteiger partial charge in [-0.15, -0.1) is 0 Å². The van der Waals surface area contributed by atoms with Crippen molar-refractivity contribution in [3.8, 4) is 17.0 Å². The average Bonchev–Trinajstić information content (AvgIpc) is 3.43. The smallest absolute Gasteiger partial charge is 0.287 e. The van der Waals surface area contributed by atoms with Crippen LogP contribution in [0.2, 0.25) is 0 Å². The zero-order chi connectivity index (χ0) is 29.8. The number of nitrogens with one attached hydrogen (secondary N) is 1. The Labute approximate surface area is 235 Å². The minimum atomic E-state index is -4.05. The van der Waals surface area contributed by atoms with Gasteiger partial charge in [0.05, 0.1) is 11.5 Å². The van der Waals surface area contributed by atoms with Crippen molar-refractivity contribution in [3.05, 3.63) is 77.5 Å². The maximum absolute atomic E-state index is 14.7. The highest BCUT2D eigenvalue weighted by Crippen LogP contribution is 2.34. The Bertz CT molecular complexity index is 1500. The number of nitrogens with zero attached hydrogens (tertiary/aromatic N) is 2. The van der Waals surface area contributed by atoms with E-state index < -0.39 is 45.2 Å². The predicted octanol–water partition coefficient (Wildman–Crippen LogP) is 4.63. The Hall–Kier alpha value is -3.55. The maximum atomic E-state index is 14.7. The molecular weight excluding hydrogens is 566 g/mol. The van der Waals surface area contributed by atoms with Crippen molar-refractivity contribution in [2.45, 2.75) is 43.2 Å². The summed E-state index contributed by atoms with van der Waals surface area (Å²) in [4.78, 5) is 16.9. The topological polar surface area (TPSA) is 97.8 Å². The molecular formula is C28H29F4N3O5S. The number of carbonyl (C=O) groups is 1. The monoisotopic (exact) mass is 595 g/mol. The Morgan fingerprint density at radius 2 is 1.80 bits per heavy atom. The fourth-order valence-electron chi connectivity index (χ4n) is 4.48. The zero-order valence-electron chi connectivity index (χ0n) is 22.4. The summed E-state index contributed by atoms with van der Waals surface area (Å²) in [6.45, 7) is 0.874. The second kappa shape index (κ2) is 12.5. The lowest BCUT2D eigenvalue weighted by atomic mass is 10.0. The van der Waals surface area contributed by atoms with Crippen LogP contribution in [-0.2, 0) is 32.0 Å². The first-order valence-corrected chi connectivity index (χ1v) is 14.2. The van der Waals surface area contributed by atoms with E-state index in [1.807, 2.05) is 0 Å². The lowest BCUT2D eigenvalue weighted by Crippen LogP contribution is -2.45. The van der Waals surface area contributed by atoms with Crippen LogP contribution in [0, 0.1) is 11.6 Å². The molecule has 2 aromatic carbocycles. The van der Waals surface area contributed by atoms with E-state index in [1.54, 1.807) is 6.07 Å². The summed E-state index contributed by atoms with van der Waals surface area (Å²) in [5, 5.41) is 2.66. The van der Waals surface area contributed by atoms with E-state index in [-0.39, 0.29) is 54.6 Å². The molecule has 13 heteroatoms. The van der Waals surface area contributed by atoms with Crippen LogP contribution >= 0.6 is 0 Å². The normalized spacial score (nSPS) is 16.1. The second-order valence-electron chi connectivity index (χ2n) is 9.57. The van der Waals surface area contributed by atoms with Gasteiger partial charge in [-0.05, 0) is 78.6 Å². The standard InChI is InChI=1S/C28H29F4N3O5S/c1-28(31,32)25-10-9-23(27(34-25)40-13-12-39-2)19-14-18(15-21(30)16-19)17-33-26(36)24-4-3-11-35(24)41(37,38)22-7-5-20(29)6-8-22/h5-10,14-16,24H,3-4,11-13,17H2,1-2H3,(H,33,36). The van der Waals surface area contributed by atoms with Crippen LogP contribution in [0.4, 0.5) is 17.6 Å². The third kappa shape index (κ3) is 7.21. The van der Waals surface area contributed by atoms with Gasteiger partial charge in [0.2, 0.25) is 21.8 Å². The van der Waals surface area contributed by atoms with Gasteiger partial charge >= 0.3 is 0 Å². The molecule has 1 amide bonds. The molecule has 1 atom stereocenters. The number of hydrogen-bond donors (Lipinski definition) is 1. The summed E-state index contributed by atoms with van der Waals surface area (Å²) in [6.07, 6.45) is 0.733. The van der Waals surface area contributed by atoms with Gasteiger partial charge < -0.3 is 14.8 Å². The molecule has 1 aliphatic heterocycles. The van der Waals surface area contributed by atoms with E-state index in [9.17, 15) is 30.8 Å². The molecule has 0 aliphatic carbocycles. The molecule has 41 heavy (non-hydrogen) atoms. The minimum Gasteiger partial charge on any atom is -0.475 e. The summed E-state index contributed by atoms with van der Waals surface area (Å²) in [6, 6.07) is 9.76. The van der Waals surface area contributed by atoms with Crippen molar-refractivity contribution >= 4 is 15.9 Å². The number of sulfonamides is 1. The quantitative estimate of drug-likeness (QED) is 0.257. The van der Waals surface area contributed by atoms with Crippen molar-refractivity contribution in [2.75, 3.05) is 26.9 Å². The van der Waals surface area contributed by atoms with Crippen LogP contribution in [0.25, 0.3) is 11.1 Å². The van der Waals surface area contributed by atoms with Gasteiger partial charge in [0.1, 0.15) is 30.0 Å². The molecule has 0 radical (unpaired) electrons. The number of rotatable bonds is 11. The molecule has 0 saturated carbocycles. The van der Waals surface area contributed by atoms with Gasteiger partial charge in [0.25, 0.3) is 5.92 Å². The fourth-order valence-corrected chi connectivity index (χ4v) is 6.14. The molecule has 1 aliphatic rings. The van der Waals surface area contributed by atoms with E-state index in [0.29, 0.717) is 18.9 Å². The van der Waals surface area contributed by atoms with E-state index in [2.05, 4.69) is 10.3 Å². The van der Waals surface area contributed by atoms with Gasteiger partial charge in [-0.25, -0.2) is 22.2 Å². The first kappa shape index (κ1) is 30.4. The third-order valence-electron chi connectivity index (χ3n) is 6.50. The van der Waals surface area contributed by atoms with Crippen LogP contribution in [0.1, 0.15) is 31.0 Å². The lowest BCUT2D eigenvalue weighted by molar-refractivity contribution is -0.124. The molecule has 1 saturated heterocycles. The number of pyridine rings is 1. The highest BCUT2D eigenvalue weighted by Gasteiger charge is 2.39. The number of benzene rings is 2. The van der Waals surface area contributed by atoms with Crippen LogP contribution < -0.4 is 10.1 Å². The Kier molecular flexibility index (Phi) is 9.30. The van der Waals surface area contributed by atoms with Gasteiger partial charge in [-0.1, -0.05) is 0 Å². The lowest BCUT2D eigenvalue weighted by Gasteiger charge is -2.23. The maximum Gasteiger partial charge on any atom is 0.287 e. The van der Waals surface area contributed by atoms with Crippen molar-refractivity contribution in [3.63, 3.8) is 0 Å². The van der Waals surface area contributed by atoms with E-state index >= 15 is 0 Å². The number of amides is 1. The van der Waals surface area contributed by atoms with E-state index in [0.717, 1.165) is 34.6 Å². The van der Waals surface area contributed by atoms with E-state index in [1.165, 1.54) is 25.3 Å². The molecule has 220 valence electrons. The SMILES string of the molecule is COCCOc1nc(C(C)(F)F)ccc1-c1cc(F)cc(CNC(=O)C2CCCN2S(=O)(=O)c2ccc(F)cc2)c1. The molecule has 0 spiro atoms. The molecule has 0 bridgehead atoms. The van der Waals surface area contributed by atoms with Crippen molar-refractivity contribution in [1.82, 2.24) is 14.6 Å². The zero-order valence-corrected chi connectivity index (χ0v) is 23.2. The first-order chi connectivity index (χ1) is 19.4. The number of aromatic nitrogens is 1. The van der Waals surface area contributed by atoms with Gasteiger partial charge in [0.15, 0.2) is 0 Å². The van der Waals surface area contributed by atoms with Crippen LogP contribution in [0.5, 0.6) is 5.88 Å². The van der Waals surface area contributed by atoms with Crippen LogP contribution in [0.15, 0.2) is 59.5 Å². The first-order valence-electron chi connectivity index (χ1n) is 12.8. The minimum absolute atomic E-state index is 0.0200. The van der Waals surface area contributed by atoms with Crippen LogP contribution in [-0.4, -0.2) is 56.5 Å². The predicted molar refractivity (Wildman–Crippen MR) is 142 cm³/mol. The molecule has 1 N–H and O–H groups in total. The molecule has 1 unspecified atom stereocenters. The van der Waals surface area contributed by atoms with Gasteiger partial charge in [-0.3, -0.25) is 4.79 Å². The Morgan fingerprint density at radius 3 is 2.49 bits per heavy atom. The molecule has 8 nitrogen and oxygen atoms in total. The summed E-state index contributed by atoms with van der Waals surface area (Å²) in [7, 11) is -2.60. The molecule has 1 fully saturated rings. The second-order valence-corrected chi connectivity index (χ2v) is 11.5. The van der Waals surface area contributed by atoms with E-state index in [4.69, 9.17) is 9.47 Å². The van der Waals surface area contributed by atoms with Gasteiger partial charge in [0, 0.05) is 32.7 Å². The van der Waals surface area contributed by atoms with Crippen molar-refractivity contribution < 1.29 is 40.2 Å². The number of alkyl halides is 2. The van der Waals surface area contributed by atoms with Gasteiger partial charge in [-0.2, -0.15) is 13.1 Å². The molecule has 2 heterocycles. The molecule has 3 aromatic rings. The number of carbonyl (C=O) groups excluding carboxylic acids is 1. The molecule has 4 rings (SSSR count). The van der Waals surface area contributed by atoms with Crippen molar-refractivity contribution in [1.29, 1.82) is 0 Å². The number of halogens is 4. The number of methoxy groups -OCH3 is 1. The summed E-state index contributed by atoms with van der Waals surface area (Å²) in [5.41, 5.74) is 0.358. The molecule has 1 aromatic heterocycles. The highest BCUT2D eigenvalue weighted by molar-refractivity contribution is 7.89. The largest absolute Gasteiger partial charge is 0.475 e. The highest BCUT2D eigenvalue weighted by atomic mass is 32.2. The Morgan fingerprint density at radius 1 is 1.07 bits per heavy atom.